The van der Waals surface area contributed by atoms with Gasteiger partial charge in [-0.2, -0.15) is 0 Å². The van der Waals surface area contributed by atoms with Gasteiger partial charge in [-0.25, -0.2) is 0 Å². The fourth-order valence-corrected chi connectivity index (χ4v) is 2.27. The molecule has 0 saturated heterocycles. The summed E-state index contributed by atoms with van der Waals surface area (Å²) >= 11 is 0. The lowest BCUT2D eigenvalue weighted by Crippen LogP contribution is -2.30. The molecule has 132 valence electrons. The summed E-state index contributed by atoms with van der Waals surface area (Å²) in [6.07, 6.45) is -0.394. The summed E-state index contributed by atoms with van der Waals surface area (Å²) < 4.78 is 5.60. The highest BCUT2D eigenvalue weighted by Crippen LogP contribution is 2.18. The molecule has 7 heteroatoms. The van der Waals surface area contributed by atoms with E-state index in [9.17, 15) is 14.9 Å². The van der Waals surface area contributed by atoms with Crippen molar-refractivity contribution >= 4 is 11.6 Å². The van der Waals surface area contributed by atoms with E-state index < -0.39 is 11.0 Å². The Balaban J connectivity index is 2.02. The zero-order valence-electron chi connectivity index (χ0n) is 13.8. The van der Waals surface area contributed by atoms with Crippen molar-refractivity contribution in [3.05, 3.63) is 75.3 Å². The maximum Gasteiger partial charge on any atom is 0.269 e. The number of hydrogen-bond donors (Lipinski definition) is 2. The number of non-ortho nitro benzene ring substituents is 1. The van der Waals surface area contributed by atoms with Crippen LogP contribution in [0.5, 0.6) is 0 Å². The number of hydrogen-bond acceptors (Lipinski definition) is 5. The zero-order chi connectivity index (χ0) is 18.2. The predicted octanol–water partition coefficient (Wildman–Crippen LogP) is 2.38. The first kappa shape index (κ1) is 18.6. The van der Waals surface area contributed by atoms with Crippen LogP contribution in [0.1, 0.15) is 27.6 Å². The van der Waals surface area contributed by atoms with Crippen molar-refractivity contribution in [2.75, 3.05) is 19.8 Å². The topological polar surface area (TPSA) is 102 Å². The van der Waals surface area contributed by atoms with E-state index in [4.69, 9.17) is 9.84 Å². The number of aliphatic hydroxyl groups is 1. The number of amides is 1. The van der Waals surface area contributed by atoms with Crippen LogP contribution in [-0.4, -0.2) is 35.7 Å². The molecule has 2 aromatic carbocycles. The number of aryl methyl sites for hydroxylation is 1. The Bertz CT molecular complexity index is 713. The van der Waals surface area contributed by atoms with Crippen LogP contribution in [-0.2, 0) is 4.74 Å². The number of nitro groups is 1. The van der Waals surface area contributed by atoms with Crippen LogP contribution in [0.3, 0.4) is 0 Å². The second-order valence-electron chi connectivity index (χ2n) is 5.51. The van der Waals surface area contributed by atoms with Gasteiger partial charge >= 0.3 is 0 Å². The largest absolute Gasteiger partial charge is 0.394 e. The number of ether oxygens (including phenoxy) is 1. The standard InChI is InChI=1S/C18H20N2O5/c1-13-2-4-14(5-3-13)17(25-11-10-21)12-19-18(22)15-6-8-16(9-7-15)20(23)24/h2-9,17,21H,10-12H2,1H3,(H,19,22). The van der Waals surface area contributed by atoms with Gasteiger partial charge in [-0.05, 0) is 24.6 Å². The number of carbonyl (C=O) groups excluding carboxylic acids is 1. The van der Waals surface area contributed by atoms with Gasteiger partial charge in [0.15, 0.2) is 0 Å². The minimum absolute atomic E-state index is 0.0691. The van der Waals surface area contributed by atoms with Gasteiger partial charge in [0.25, 0.3) is 11.6 Å². The summed E-state index contributed by atoms with van der Waals surface area (Å²) in [5, 5.41) is 22.4. The molecule has 0 aliphatic carbocycles. The van der Waals surface area contributed by atoms with Crippen LogP contribution in [0.15, 0.2) is 48.5 Å². The van der Waals surface area contributed by atoms with Crippen LogP contribution >= 0.6 is 0 Å². The van der Waals surface area contributed by atoms with E-state index in [-0.39, 0.29) is 31.4 Å². The zero-order valence-corrected chi connectivity index (χ0v) is 13.8. The van der Waals surface area contributed by atoms with Gasteiger partial charge in [0.05, 0.1) is 24.2 Å². The van der Waals surface area contributed by atoms with Gasteiger partial charge in [-0.3, -0.25) is 14.9 Å². The number of nitrogens with one attached hydrogen (secondary N) is 1. The monoisotopic (exact) mass is 344 g/mol. The van der Waals surface area contributed by atoms with E-state index in [1.165, 1.54) is 24.3 Å². The molecule has 2 N–H and O–H groups in total. The highest BCUT2D eigenvalue weighted by molar-refractivity contribution is 5.94. The Morgan fingerprint density at radius 1 is 1.20 bits per heavy atom. The van der Waals surface area contributed by atoms with E-state index in [0.29, 0.717) is 5.56 Å². The fraction of sp³-hybridized carbons (Fsp3) is 0.278. The molecule has 0 bridgehead atoms. The third-order valence-corrected chi connectivity index (χ3v) is 3.65. The summed E-state index contributed by atoms with van der Waals surface area (Å²) in [5.41, 5.74) is 2.26. The molecule has 2 aromatic rings. The Morgan fingerprint density at radius 3 is 2.40 bits per heavy atom. The fourth-order valence-electron chi connectivity index (χ4n) is 2.27. The lowest BCUT2D eigenvalue weighted by Gasteiger charge is -2.19. The minimum atomic E-state index is -0.516. The van der Waals surface area contributed by atoms with Gasteiger partial charge in [0.2, 0.25) is 0 Å². The highest BCUT2D eigenvalue weighted by Gasteiger charge is 2.15. The van der Waals surface area contributed by atoms with Crippen molar-refractivity contribution in [1.82, 2.24) is 5.32 Å². The first-order valence-corrected chi connectivity index (χ1v) is 7.83. The maximum atomic E-state index is 12.2. The third kappa shape index (κ3) is 5.37. The van der Waals surface area contributed by atoms with Gasteiger partial charge in [-0.15, -0.1) is 0 Å². The lowest BCUT2D eigenvalue weighted by atomic mass is 10.1. The average Bonchev–Trinajstić information content (AvgIpc) is 2.62. The predicted molar refractivity (Wildman–Crippen MR) is 92.4 cm³/mol. The SMILES string of the molecule is Cc1ccc(C(CNC(=O)c2ccc([N+](=O)[O-])cc2)OCCO)cc1. The summed E-state index contributed by atoms with van der Waals surface area (Å²) in [5.74, 6) is -0.348. The van der Waals surface area contributed by atoms with Gasteiger partial charge in [0, 0.05) is 24.2 Å². The van der Waals surface area contributed by atoms with Gasteiger partial charge < -0.3 is 15.2 Å². The highest BCUT2D eigenvalue weighted by atomic mass is 16.6. The van der Waals surface area contributed by atoms with Crippen LogP contribution in [0.4, 0.5) is 5.69 Å². The molecule has 0 radical (unpaired) electrons. The van der Waals surface area contributed by atoms with E-state index >= 15 is 0 Å². The van der Waals surface area contributed by atoms with Gasteiger partial charge in [-0.1, -0.05) is 29.8 Å². The molecule has 1 atom stereocenters. The van der Waals surface area contributed by atoms with E-state index in [2.05, 4.69) is 5.32 Å². The Morgan fingerprint density at radius 2 is 1.84 bits per heavy atom. The average molecular weight is 344 g/mol. The van der Waals surface area contributed by atoms with E-state index in [0.717, 1.165) is 11.1 Å². The molecule has 1 unspecified atom stereocenters. The van der Waals surface area contributed by atoms with Crippen molar-refractivity contribution in [3.8, 4) is 0 Å². The number of carbonyl (C=O) groups is 1. The summed E-state index contributed by atoms with van der Waals surface area (Å²) in [6, 6.07) is 13.1. The molecule has 0 saturated carbocycles. The number of aliphatic hydroxyl groups excluding tert-OH is 1. The van der Waals surface area contributed by atoms with Crippen molar-refractivity contribution in [2.24, 2.45) is 0 Å². The molecule has 0 aromatic heterocycles. The Kier molecular flexibility index (Phi) is 6.62. The molecule has 25 heavy (non-hydrogen) atoms. The van der Waals surface area contributed by atoms with Crippen molar-refractivity contribution < 1.29 is 19.6 Å². The summed E-state index contributed by atoms with van der Waals surface area (Å²) in [4.78, 5) is 22.3. The molecular formula is C18H20N2O5. The number of rotatable bonds is 8. The number of nitrogens with zero attached hydrogens (tertiary/aromatic N) is 1. The van der Waals surface area contributed by atoms with Gasteiger partial charge in [0.1, 0.15) is 0 Å². The van der Waals surface area contributed by atoms with E-state index in [1.807, 2.05) is 31.2 Å². The number of nitro benzene ring substituents is 1. The second-order valence-corrected chi connectivity index (χ2v) is 5.51. The minimum Gasteiger partial charge on any atom is -0.394 e. The molecule has 0 aliphatic heterocycles. The molecule has 0 fully saturated rings. The molecular weight excluding hydrogens is 324 g/mol. The van der Waals surface area contributed by atoms with Crippen LogP contribution in [0.2, 0.25) is 0 Å². The molecule has 0 aliphatic rings. The summed E-state index contributed by atoms with van der Waals surface area (Å²) in [6.45, 7) is 2.24. The normalized spacial score (nSPS) is 11.8. The smallest absolute Gasteiger partial charge is 0.269 e. The molecule has 7 nitrogen and oxygen atoms in total. The quantitative estimate of drug-likeness (QED) is 0.565. The van der Waals surface area contributed by atoms with Crippen molar-refractivity contribution in [1.29, 1.82) is 0 Å². The Hall–Kier alpha value is -2.77. The van der Waals surface area contributed by atoms with Crippen LogP contribution in [0.25, 0.3) is 0 Å². The van der Waals surface area contributed by atoms with Crippen molar-refractivity contribution in [2.45, 2.75) is 13.0 Å². The second kappa shape index (κ2) is 8.91. The molecule has 2 rings (SSSR count). The van der Waals surface area contributed by atoms with Crippen LogP contribution < -0.4 is 5.32 Å². The van der Waals surface area contributed by atoms with Crippen molar-refractivity contribution in [3.63, 3.8) is 0 Å². The third-order valence-electron chi connectivity index (χ3n) is 3.65. The van der Waals surface area contributed by atoms with E-state index in [1.54, 1.807) is 0 Å². The Labute approximate surface area is 145 Å². The van der Waals surface area contributed by atoms with Crippen LogP contribution in [0, 0.1) is 17.0 Å². The molecule has 0 spiro atoms. The molecule has 0 heterocycles. The first-order chi connectivity index (χ1) is 12.0. The molecule has 1 amide bonds. The lowest BCUT2D eigenvalue weighted by molar-refractivity contribution is -0.384. The first-order valence-electron chi connectivity index (χ1n) is 7.83. The number of benzene rings is 2. The maximum absolute atomic E-state index is 12.2. The summed E-state index contributed by atoms with van der Waals surface area (Å²) in [7, 11) is 0.